The van der Waals surface area contributed by atoms with E-state index in [-0.39, 0.29) is 24.5 Å². The first kappa shape index (κ1) is 28.4. The molecule has 4 aromatic rings. The first-order valence-corrected chi connectivity index (χ1v) is 15.2. The zero-order chi connectivity index (χ0) is 27.9. The van der Waals surface area contributed by atoms with Gasteiger partial charge in [-0.2, -0.15) is 0 Å². The number of ether oxygens (including phenoxy) is 1. The summed E-state index contributed by atoms with van der Waals surface area (Å²) in [4.78, 5) is 29.4. The number of halogens is 2. The maximum atomic E-state index is 13.9. The van der Waals surface area contributed by atoms with E-state index in [1.54, 1.807) is 4.90 Å². The number of rotatable bonds is 10. The van der Waals surface area contributed by atoms with E-state index < -0.39 is 6.04 Å². The van der Waals surface area contributed by atoms with Crippen LogP contribution in [0.4, 0.5) is 0 Å². The van der Waals surface area contributed by atoms with Gasteiger partial charge in [0.2, 0.25) is 5.91 Å². The van der Waals surface area contributed by atoms with E-state index in [0.717, 1.165) is 56.5 Å². The van der Waals surface area contributed by atoms with Gasteiger partial charge >= 0.3 is 0 Å². The molecule has 0 spiro atoms. The molecule has 0 aromatic heterocycles. The highest BCUT2D eigenvalue weighted by molar-refractivity contribution is 9.11. The zero-order valence-corrected chi connectivity index (χ0v) is 25.4. The summed E-state index contributed by atoms with van der Waals surface area (Å²) in [6.45, 7) is 0.111. The van der Waals surface area contributed by atoms with Crippen LogP contribution >= 0.6 is 31.9 Å². The van der Waals surface area contributed by atoms with Crippen molar-refractivity contribution in [3.63, 3.8) is 0 Å². The molecule has 7 heteroatoms. The molecule has 0 unspecified atom stereocenters. The summed E-state index contributed by atoms with van der Waals surface area (Å²) < 4.78 is 7.84. The Hall–Kier alpha value is -3.16. The molecule has 0 radical (unpaired) electrons. The molecule has 5 rings (SSSR count). The van der Waals surface area contributed by atoms with Crippen LogP contribution in [0.2, 0.25) is 0 Å². The fourth-order valence-corrected chi connectivity index (χ4v) is 6.13. The highest BCUT2D eigenvalue weighted by Gasteiger charge is 2.32. The van der Waals surface area contributed by atoms with E-state index >= 15 is 0 Å². The molecule has 0 aliphatic heterocycles. The van der Waals surface area contributed by atoms with Gasteiger partial charge in [-0.05, 0) is 68.9 Å². The molecular weight excluding hydrogens is 632 g/mol. The molecule has 206 valence electrons. The molecule has 5 nitrogen and oxygen atoms in total. The number of hydrogen-bond donors (Lipinski definition) is 1. The Morgan fingerprint density at radius 2 is 1.55 bits per heavy atom. The molecule has 1 atom stereocenters. The van der Waals surface area contributed by atoms with E-state index in [1.165, 1.54) is 0 Å². The maximum Gasteiger partial charge on any atom is 0.261 e. The third-order valence-corrected chi connectivity index (χ3v) is 8.76. The number of fused-ring (bicyclic) bond motifs is 1. The smallest absolute Gasteiger partial charge is 0.261 e. The van der Waals surface area contributed by atoms with Crippen LogP contribution in [-0.2, 0) is 22.6 Å². The number of carbonyl (C=O) groups excluding carboxylic acids is 2. The maximum absolute atomic E-state index is 13.9. The van der Waals surface area contributed by atoms with Crippen LogP contribution in [0.25, 0.3) is 10.8 Å². The average Bonchev–Trinajstić information content (AvgIpc) is 3.49. The molecule has 4 aromatic carbocycles. The molecule has 1 aliphatic carbocycles. The van der Waals surface area contributed by atoms with E-state index in [9.17, 15) is 9.59 Å². The van der Waals surface area contributed by atoms with Crippen molar-refractivity contribution < 1.29 is 14.3 Å². The number of benzene rings is 4. The van der Waals surface area contributed by atoms with Gasteiger partial charge in [0.05, 0.1) is 4.47 Å². The molecule has 1 N–H and O–H groups in total. The van der Waals surface area contributed by atoms with Crippen LogP contribution in [0.3, 0.4) is 0 Å². The predicted molar refractivity (Wildman–Crippen MR) is 166 cm³/mol. The monoisotopic (exact) mass is 662 g/mol. The van der Waals surface area contributed by atoms with Crippen molar-refractivity contribution in [3.05, 3.63) is 111 Å². The summed E-state index contributed by atoms with van der Waals surface area (Å²) in [6.07, 6.45) is 4.60. The van der Waals surface area contributed by atoms with Gasteiger partial charge in [-0.15, -0.1) is 0 Å². The Morgan fingerprint density at radius 3 is 2.30 bits per heavy atom. The van der Waals surface area contributed by atoms with Crippen molar-refractivity contribution in [2.45, 2.75) is 50.7 Å². The molecule has 0 bridgehead atoms. The summed E-state index contributed by atoms with van der Waals surface area (Å²) in [5, 5.41) is 5.34. The highest BCUT2D eigenvalue weighted by Crippen LogP contribution is 2.33. The predicted octanol–water partition coefficient (Wildman–Crippen LogP) is 7.44. The molecule has 0 heterocycles. The minimum Gasteiger partial charge on any atom is -0.483 e. The lowest BCUT2D eigenvalue weighted by molar-refractivity contribution is -0.143. The Morgan fingerprint density at radius 1 is 0.850 bits per heavy atom. The van der Waals surface area contributed by atoms with Crippen LogP contribution in [0.1, 0.15) is 36.8 Å². The van der Waals surface area contributed by atoms with Gasteiger partial charge in [-0.25, -0.2) is 0 Å². The van der Waals surface area contributed by atoms with E-state index in [4.69, 9.17) is 4.74 Å². The molecule has 1 saturated carbocycles. The van der Waals surface area contributed by atoms with Gasteiger partial charge < -0.3 is 15.0 Å². The van der Waals surface area contributed by atoms with Crippen LogP contribution in [0.15, 0.2) is 99.9 Å². The van der Waals surface area contributed by atoms with Crippen LogP contribution in [-0.4, -0.2) is 35.4 Å². The van der Waals surface area contributed by atoms with Gasteiger partial charge in [0.15, 0.2) is 6.61 Å². The SMILES string of the molecule is O=C(NC1CCCC1)[C@H](Cc1ccccc1)N(Cc1ccc(Br)cc1)C(=O)COc1ccc2ccccc2c1Br. The summed E-state index contributed by atoms with van der Waals surface area (Å²) in [5.41, 5.74) is 1.94. The van der Waals surface area contributed by atoms with Crippen molar-refractivity contribution in [2.24, 2.45) is 0 Å². The molecule has 0 saturated heterocycles. The Kier molecular flexibility index (Phi) is 9.55. The zero-order valence-electron chi connectivity index (χ0n) is 22.2. The Labute approximate surface area is 252 Å². The summed E-state index contributed by atoms with van der Waals surface area (Å²) in [7, 11) is 0. The number of nitrogens with one attached hydrogen (secondary N) is 1. The second kappa shape index (κ2) is 13.5. The standard InChI is InChI=1S/C33H32Br2N2O3/c34-26-17-14-24(15-18-26)21-37(31(38)22-40-30-19-16-25-10-4-7-13-28(25)32(30)35)29(20-23-8-2-1-3-9-23)33(39)36-27-11-5-6-12-27/h1-4,7-10,13-19,27,29H,5-6,11-12,20-22H2,(H,36,39)/t29-/m0/s1. The fraction of sp³-hybridized carbons (Fsp3) is 0.273. The Bertz CT molecular complexity index is 1450. The van der Waals surface area contributed by atoms with Crippen LogP contribution in [0.5, 0.6) is 5.75 Å². The van der Waals surface area contributed by atoms with E-state index in [0.29, 0.717) is 18.7 Å². The third-order valence-electron chi connectivity index (χ3n) is 7.42. The minimum atomic E-state index is -0.678. The summed E-state index contributed by atoms with van der Waals surface area (Å²) in [6, 6.07) is 29.0. The second-order valence-electron chi connectivity index (χ2n) is 10.2. The van der Waals surface area contributed by atoms with Crippen molar-refractivity contribution in [3.8, 4) is 5.75 Å². The molecule has 1 fully saturated rings. The van der Waals surface area contributed by atoms with Crippen molar-refractivity contribution in [1.82, 2.24) is 10.2 Å². The number of hydrogen-bond acceptors (Lipinski definition) is 3. The first-order chi connectivity index (χ1) is 19.5. The van der Waals surface area contributed by atoms with Gasteiger partial charge in [0.25, 0.3) is 5.91 Å². The normalized spacial score (nSPS) is 14.2. The molecule has 2 amide bonds. The summed E-state index contributed by atoms with van der Waals surface area (Å²) >= 11 is 7.15. The number of amides is 2. The Balaban J connectivity index is 1.43. The lowest BCUT2D eigenvalue weighted by Gasteiger charge is -2.32. The highest BCUT2D eigenvalue weighted by atomic mass is 79.9. The molecular formula is C33H32Br2N2O3. The fourth-order valence-electron chi connectivity index (χ4n) is 5.26. The van der Waals surface area contributed by atoms with Gasteiger partial charge in [-0.1, -0.05) is 102 Å². The lowest BCUT2D eigenvalue weighted by atomic mass is 10.0. The molecule has 40 heavy (non-hydrogen) atoms. The summed E-state index contributed by atoms with van der Waals surface area (Å²) in [5.74, 6) is 0.226. The number of carbonyl (C=O) groups is 2. The van der Waals surface area contributed by atoms with Gasteiger partial charge in [0.1, 0.15) is 11.8 Å². The van der Waals surface area contributed by atoms with Crippen molar-refractivity contribution >= 4 is 54.4 Å². The average molecular weight is 664 g/mol. The van der Waals surface area contributed by atoms with Gasteiger partial charge in [0, 0.05) is 23.5 Å². The van der Waals surface area contributed by atoms with Crippen molar-refractivity contribution in [1.29, 1.82) is 0 Å². The molecule has 1 aliphatic rings. The minimum absolute atomic E-state index is 0.117. The van der Waals surface area contributed by atoms with E-state index in [2.05, 4.69) is 37.2 Å². The number of nitrogens with zero attached hydrogens (tertiary/aromatic N) is 1. The van der Waals surface area contributed by atoms with Gasteiger partial charge in [-0.3, -0.25) is 9.59 Å². The lowest BCUT2D eigenvalue weighted by Crippen LogP contribution is -2.53. The van der Waals surface area contributed by atoms with Crippen molar-refractivity contribution in [2.75, 3.05) is 6.61 Å². The quantitative estimate of drug-likeness (QED) is 0.192. The first-order valence-electron chi connectivity index (χ1n) is 13.7. The van der Waals surface area contributed by atoms with Crippen LogP contribution < -0.4 is 10.1 Å². The topological polar surface area (TPSA) is 58.6 Å². The largest absolute Gasteiger partial charge is 0.483 e. The van der Waals surface area contributed by atoms with E-state index in [1.807, 2.05) is 91.0 Å². The second-order valence-corrected chi connectivity index (χ2v) is 11.9. The van der Waals surface area contributed by atoms with Crippen LogP contribution in [0, 0.1) is 0 Å². The third kappa shape index (κ3) is 7.12.